The highest BCUT2D eigenvalue weighted by atomic mass is 35.5. The standard InChI is InChI=1S/C17H22ClN5S/c1-13-16(11-19-21(13)2)20-17(24)23-9-7-22(8-10-23)12-14-3-5-15(18)6-4-14/h3-6,11H,7-10,12H2,1-2H3,(H,20,24). The molecule has 1 aliphatic heterocycles. The minimum atomic E-state index is 0.775. The monoisotopic (exact) mass is 363 g/mol. The molecule has 3 rings (SSSR count). The second-order valence-corrected chi connectivity index (χ2v) is 6.91. The van der Waals surface area contributed by atoms with Gasteiger partial charge in [-0.2, -0.15) is 5.10 Å². The average molecular weight is 364 g/mol. The summed E-state index contributed by atoms with van der Waals surface area (Å²) in [6, 6.07) is 8.07. The van der Waals surface area contributed by atoms with Crippen molar-refractivity contribution in [1.82, 2.24) is 19.6 Å². The van der Waals surface area contributed by atoms with E-state index in [-0.39, 0.29) is 0 Å². The quantitative estimate of drug-likeness (QED) is 0.848. The number of hydrogen-bond donors (Lipinski definition) is 1. The van der Waals surface area contributed by atoms with Crippen LogP contribution in [0.4, 0.5) is 5.69 Å². The second kappa shape index (κ2) is 7.51. The molecule has 7 heteroatoms. The molecular weight excluding hydrogens is 342 g/mol. The fourth-order valence-electron chi connectivity index (χ4n) is 2.77. The van der Waals surface area contributed by atoms with Gasteiger partial charge in [-0.05, 0) is 36.8 Å². The SMILES string of the molecule is Cc1c(NC(=S)N2CCN(Cc3ccc(Cl)cc3)CC2)cnn1C. The molecule has 0 amide bonds. The molecule has 1 aromatic carbocycles. The maximum atomic E-state index is 5.94. The first-order valence-electron chi connectivity index (χ1n) is 8.04. The lowest BCUT2D eigenvalue weighted by atomic mass is 10.2. The van der Waals surface area contributed by atoms with Gasteiger partial charge in [0.1, 0.15) is 0 Å². The molecule has 0 spiro atoms. The van der Waals surface area contributed by atoms with Crippen LogP contribution in [0, 0.1) is 6.92 Å². The summed E-state index contributed by atoms with van der Waals surface area (Å²) in [6.45, 7) is 6.83. The van der Waals surface area contributed by atoms with Gasteiger partial charge in [0.25, 0.3) is 0 Å². The van der Waals surface area contributed by atoms with Crippen LogP contribution in [0.3, 0.4) is 0 Å². The van der Waals surface area contributed by atoms with E-state index in [1.807, 2.05) is 37.0 Å². The highest BCUT2D eigenvalue weighted by Gasteiger charge is 2.19. The number of hydrogen-bond acceptors (Lipinski definition) is 3. The lowest BCUT2D eigenvalue weighted by molar-refractivity contribution is 0.177. The highest BCUT2D eigenvalue weighted by Crippen LogP contribution is 2.15. The molecule has 1 saturated heterocycles. The number of anilines is 1. The molecule has 1 aromatic heterocycles. The first-order chi connectivity index (χ1) is 11.5. The average Bonchev–Trinajstić information content (AvgIpc) is 2.90. The van der Waals surface area contributed by atoms with Crippen molar-refractivity contribution in [3.63, 3.8) is 0 Å². The third kappa shape index (κ3) is 4.06. The van der Waals surface area contributed by atoms with Crippen molar-refractivity contribution in [3.05, 3.63) is 46.7 Å². The Hall–Kier alpha value is -1.63. The van der Waals surface area contributed by atoms with Crippen LogP contribution in [0.15, 0.2) is 30.5 Å². The summed E-state index contributed by atoms with van der Waals surface area (Å²) in [5, 5.41) is 9.11. The van der Waals surface area contributed by atoms with E-state index in [9.17, 15) is 0 Å². The Labute approximate surface area is 153 Å². The Morgan fingerprint density at radius 1 is 1.21 bits per heavy atom. The van der Waals surface area contributed by atoms with Crippen LogP contribution in [0.5, 0.6) is 0 Å². The summed E-state index contributed by atoms with van der Waals surface area (Å²) in [7, 11) is 1.93. The van der Waals surface area contributed by atoms with Gasteiger partial charge in [-0.25, -0.2) is 0 Å². The Balaban J connectivity index is 1.50. The number of nitrogens with zero attached hydrogens (tertiary/aromatic N) is 4. The van der Waals surface area contributed by atoms with Crippen LogP contribution in [0.25, 0.3) is 0 Å². The Morgan fingerprint density at radius 3 is 2.46 bits per heavy atom. The van der Waals surface area contributed by atoms with Gasteiger partial charge in [0, 0.05) is 44.8 Å². The van der Waals surface area contributed by atoms with Crippen LogP contribution in [-0.4, -0.2) is 50.9 Å². The van der Waals surface area contributed by atoms with Crippen molar-refractivity contribution in [3.8, 4) is 0 Å². The molecule has 0 atom stereocenters. The third-order valence-corrected chi connectivity index (χ3v) is 5.07. The molecule has 2 heterocycles. The van der Waals surface area contributed by atoms with E-state index >= 15 is 0 Å². The van der Waals surface area contributed by atoms with Gasteiger partial charge in [0.2, 0.25) is 0 Å². The predicted octanol–water partition coefficient (Wildman–Crippen LogP) is 2.90. The zero-order valence-electron chi connectivity index (χ0n) is 14.0. The molecule has 0 aliphatic carbocycles. The van der Waals surface area contributed by atoms with Crippen molar-refractivity contribution < 1.29 is 0 Å². The van der Waals surface area contributed by atoms with Gasteiger partial charge in [0.15, 0.2) is 5.11 Å². The van der Waals surface area contributed by atoms with Crippen LogP contribution in [0.2, 0.25) is 5.02 Å². The summed E-state index contributed by atoms with van der Waals surface area (Å²) in [5.41, 5.74) is 3.35. The van der Waals surface area contributed by atoms with Gasteiger partial charge in [0.05, 0.1) is 17.6 Å². The molecule has 2 aromatic rings. The van der Waals surface area contributed by atoms with Crippen LogP contribution in [0.1, 0.15) is 11.3 Å². The molecule has 1 N–H and O–H groups in total. The molecule has 1 fully saturated rings. The van der Waals surface area contributed by atoms with Gasteiger partial charge in [-0.3, -0.25) is 9.58 Å². The minimum Gasteiger partial charge on any atom is -0.346 e. The number of halogens is 1. The summed E-state index contributed by atoms with van der Waals surface area (Å²) in [6.07, 6.45) is 1.82. The van der Waals surface area contributed by atoms with Gasteiger partial charge < -0.3 is 10.2 Å². The smallest absolute Gasteiger partial charge is 0.173 e. The van der Waals surface area contributed by atoms with E-state index in [1.165, 1.54) is 5.56 Å². The van der Waals surface area contributed by atoms with E-state index in [1.54, 1.807) is 0 Å². The fraction of sp³-hybridized carbons (Fsp3) is 0.412. The normalized spacial score (nSPS) is 15.5. The number of piperazine rings is 1. The Bertz CT molecular complexity index is 704. The Kier molecular flexibility index (Phi) is 5.38. The number of aryl methyl sites for hydroxylation is 1. The van der Waals surface area contributed by atoms with E-state index in [4.69, 9.17) is 23.8 Å². The Morgan fingerprint density at radius 2 is 1.88 bits per heavy atom. The van der Waals surface area contributed by atoms with Crippen LogP contribution >= 0.6 is 23.8 Å². The lowest BCUT2D eigenvalue weighted by Crippen LogP contribution is -2.49. The fourth-order valence-corrected chi connectivity index (χ4v) is 3.19. The molecule has 1 aliphatic rings. The van der Waals surface area contributed by atoms with Gasteiger partial charge in [-0.1, -0.05) is 23.7 Å². The molecular formula is C17H22ClN5S. The number of benzene rings is 1. The summed E-state index contributed by atoms with van der Waals surface area (Å²) < 4.78 is 1.84. The largest absolute Gasteiger partial charge is 0.346 e. The van der Waals surface area contributed by atoms with Crippen molar-refractivity contribution in [2.24, 2.45) is 7.05 Å². The van der Waals surface area contributed by atoms with Crippen molar-refractivity contribution in [2.45, 2.75) is 13.5 Å². The van der Waals surface area contributed by atoms with Crippen LogP contribution < -0.4 is 5.32 Å². The number of thiocarbonyl (C=S) groups is 1. The first kappa shape index (κ1) is 17.2. The van der Waals surface area contributed by atoms with E-state index in [0.29, 0.717) is 0 Å². The summed E-state index contributed by atoms with van der Waals surface area (Å²) in [5.74, 6) is 0. The van der Waals surface area contributed by atoms with Crippen molar-refractivity contribution in [2.75, 3.05) is 31.5 Å². The molecule has 128 valence electrons. The summed E-state index contributed by atoms with van der Waals surface area (Å²) >= 11 is 11.5. The predicted molar refractivity (Wildman–Crippen MR) is 102 cm³/mol. The zero-order valence-corrected chi connectivity index (χ0v) is 15.6. The number of nitrogens with one attached hydrogen (secondary N) is 1. The van der Waals surface area contributed by atoms with Crippen molar-refractivity contribution in [1.29, 1.82) is 0 Å². The molecule has 0 unspecified atom stereocenters. The van der Waals surface area contributed by atoms with Crippen molar-refractivity contribution >= 4 is 34.6 Å². The van der Waals surface area contributed by atoms with E-state index in [2.05, 4.69) is 32.3 Å². The highest BCUT2D eigenvalue weighted by molar-refractivity contribution is 7.80. The summed E-state index contributed by atoms with van der Waals surface area (Å²) in [4.78, 5) is 4.66. The van der Waals surface area contributed by atoms with Gasteiger partial charge in [-0.15, -0.1) is 0 Å². The second-order valence-electron chi connectivity index (χ2n) is 6.09. The maximum absolute atomic E-state index is 5.94. The topological polar surface area (TPSA) is 36.3 Å². The minimum absolute atomic E-state index is 0.775. The number of rotatable bonds is 3. The molecule has 0 radical (unpaired) electrons. The molecule has 5 nitrogen and oxygen atoms in total. The molecule has 0 saturated carbocycles. The van der Waals surface area contributed by atoms with Crippen LogP contribution in [-0.2, 0) is 13.6 Å². The zero-order chi connectivity index (χ0) is 17.1. The van der Waals surface area contributed by atoms with E-state index in [0.717, 1.165) is 54.2 Å². The van der Waals surface area contributed by atoms with Gasteiger partial charge >= 0.3 is 0 Å². The lowest BCUT2D eigenvalue weighted by Gasteiger charge is -2.36. The first-order valence-corrected chi connectivity index (χ1v) is 8.83. The van der Waals surface area contributed by atoms with E-state index < -0.39 is 0 Å². The third-order valence-electron chi connectivity index (χ3n) is 4.46. The maximum Gasteiger partial charge on any atom is 0.173 e. The molecule has 0 bridgehead atoms. The molecule has 24 heavy (non-hydrogen) atoms. The number of aromatic nitrogens is 2.